The number of rotatable bonds is 4. The predicted molar refractivity (Wildman–Crippen MR) is 83.5 cm³/mol. The molecule has 2 aliphatic rings. The molecule has 0 spiro atoms. The largest absolute Gasteiger partial charge is 0.378 e. The number of morpholine rings is 1. The topological polar surface area (TPSA) is 55.6 Å². The zero-order valence-electron chi connectivity index (χ0n) is 11.7. The van der Waals surface area contributed by atoms with Gasteiger partial charge in [0.15, 0.2) is 0 Å². The van der Waals surface area contributed by atoms with E-state index in [4.69, 9.17) is 39.5 Å². The van der Waals surface area contributed by atoms with E-state index in [1.165, 1.54) is 0 Å². The van der Waals surface area contributed by atoms with Crippen LogP contribution >= 0.6 is 34.8 Å². The molecular weight excluding hydrogens is 339 g/mol. The lowest BCUT2D eigenvalue weighted by Crippen LogP contribution is -2.39. The van der Waals surface area contributed by atoms with Crippen molar-refractivity contribution in [1.82, 2.24) is 4.90 Å². The number of halogens is 3. The maximum Gasteiger partial charge on any atom is 0.214 e. The van der Waals surface area contributed by atoms with Crippen molar-refractivity contribution >= 4 is 34.8 Å². The smallest absolute Gasteiger partial charge is 0.214 e. The fourth-order valence-electron chi connectivity index (χ4n) is 3.04. The zero-order chi connectivity index (χ0) is 15.5. The summed E-state index contributed by atoms with van der Waals surface area (Å²) in [5.41, 5.74) is 2.07. The Morgan fingerprint density at radius 3 is 2.43 bits per heavy atom. The molecule has 1 fully saturated rings. The number of hydrogen-bond acceptors (Lipinski definition) is 4. The molecule has 0 N–H and O–H groups in total. The van der Waals surface area contributed by atoms with Gasteiger partial charge < -0.3 is 9.64 Å². The number of alkyl halides is 3. The summed E-state index contributed by atoms with van der Waals surface area (Å²) in [6.45, 7) is 2.59. The van der Waals surface area contributed by atoms with Crippen molar-refractivity contribution in [2.75, 3.05) is 32.8 Å². The summed E-state index contributed by atoms with van der Waals surface area (Å²) >= 11 is 18.1. The van der Waals surface area contributed by atoms with Crippen LogP contribution < -0.4 is 0 Å². The summed E-state index contributed by atoms with van der Waals surface area (Å²) in [6, 6.07) is 0. The summed E-state index contributed by atoms with van der Waals surface area (Å²) in [6.07, 6.45) is 3.71. The minimum atomic E-state index is -1.66. The van der Waals surface area contributed by atoms with E-state index in [2.05, 4.69) is 4.90 Å². The van der Waals surface area contributed by atoms with Gasteiger partial charge in [-0.3, -0.25) is 10.1 Å². The van der Waals surface area contributed by atoms with Crippen molar-refractivity contribution in [3.05, 3.63) is 21.4 Å². The van der Waals surface area contributed by atoms with Crippen molar-refractivity contribution in [2.45, 2.75) is 29.5 Å². The van der Waals surface area contributed by atoms with Crippen molar-refractivity contribution < 1.29 is 9.66 Å². The third-order valence-electron chi connectivity index (χ3n) is 4.02. The zero-order valence-corrected chi connectivity index (χ0v) is 14.0. The average Bonchev–Trinajstić information content (AvgIpc) is 2.44. The minimum Gasteiger partial charge on any atom is -0.378 e. The second-order valence-electron chi connectivity index (χ2n) is 5.39. The van der Waals surface area contributed by atoms with E-state index in [1.54, 1.807) is 0 Å². The summed E-state index contributed by atoms with van der Waals surface area (Å²) < 4.78 is 3.71. The fraction of sp³-hybridized carbons (Fsp3) is 0.846. The van der Waals surface area contributed by atoms with Crippen LogP contribution in [0.2, 0.25) is 0 Å². The summed E-state index contributed by atoms with van der Waals surface area (Å²) in [4.78, 5) is 12.8. The second-order valence-corrected chi connectivity index (χ2v) is 7.76. The predicted octanol–water partition coefficient (Wildman–Crippen LogP) is 3.41. The van der Waals surface area contributed by atoms with Gasteiger partial charge in [-0.1, -0.05) is 34.8 Å². The van der Waals surface area contributed by atoms with Crippen LogP contribution in [0.25, 0.3) is 0 Å². The first-order valence-corrected chi connectivity index (χ1v) is 8.26. The normalized spacial score (nSPS) is 22.3. The van der Waals surface area contributed by atoms with Crippen molar-refractivity contribution in [1.29, 1.82) is 0 Å². The monoisotopic (exact) mass is 356 g/mol. The van der Waals surface area contributed by atoms with Gasteiger partial charge in [0.05, 0.1) is 19.1 Å². The molecule has 0 aromatic rings. The van der Waals surface area contributed by atoms with Gasteiger partial charge >= 0.3 is 0 Å². The molecule has 0 saturated carbocycles. The number of hydrogen-bond donors (Lipinski definition) is 0. The first kappa shape index (κ1) is 17.1. The quantitative estimate of drug-likeness (QED) is 0.439. The minimum absolute atomic E-state index is 0.348. The summed E-state index contributed by atoms with van der Waals surface area (Å²) in [5, 5.41) is 11.0. The maximum absolute atomic E-state index is 11.0. The number of nitrogens with zero attached hydrogens (tertiary/aromatic N) is 2. The van der Waals surface area contributed by atoms with Gasteiger partial charge in [-0.2, -0.15) is 0 Å². The molecule has 21 heavy (non-hydrogen) atoms. The van der Waals surface area contributed by atoms with E-state index >= 15 is 0 Å². The molecule has 1 aliphatic carbocycles. The van der Waals surface area contributed by atoms with Gasteiger partial charge in [0, 0.05) is 23.7 Å². The van der Waals surface area contributed by atoms with Crippen molar-refractivity contribution in [2.24, 2.45) is 5.92 Å². The highest BCUT2D eigenvalue weighted by Crippen LogP contribution is 2.44. The Hall–Kier alpha value is -0.230. The number of nitro groups is 1. The van der Waals surface area contributed by atoms with Gasteiger partial charge in [0.2, 0.25) is 10.3 Å². The molecule has 2 rings (SSSR count). The lowest BCUT2D eigenvalue weighted by atomic mass is 9.86. The second kappa shape index (κ2) is 7.36. The van der Waals surface area contributed by atoms with Gasteiger partial charge in [-0.15, -0.1) is 0 Å². The third kappa shape index (κ3) is 4.62. The van der Waals surface area contributed by atoms with Crippen LogP contribution in [-0.4, -0.2) is 46.5 Å². The molecule has 1 saturated heterocycles. The Morgan fingerprint density at radius 2 is 1.86 bits per heavy atom. The van der Waals surface area contributed by atoms with Gasteiger partial charge in [0.25, 0.3) is 0 Å². The van der Waals surface area contributed by atoms with Crippen LogP contribution in [0.4, 0.5) is 0 Å². The highest BCUT2D eigenvalue weighted by Gasteiger charge is 2.41. The molecule has 0 aromatic heterocycles. The number of allylic oxidation sites excluding steroid dienone is 1. The molecule has 5 nitrogen and oxygen atoms in total. The van der Waals surface area contributed by atoms with Crippen LogP contribution in [-0.2, 0) is 4.74 Å². The molecule has 1 heterocycles. The molecule has 0 bridgehead atoms. The highest BCUT2D eigenvalue weighted by molar-refractivity contribution is 6.67. The standard InChI is InChI=1S/C13H19Cl3N2O3/c14-13(15,16)11(9-18(19)20)10-3-1-2-4-12(10)17-5-7-21-8-6-17/h11H,1-9H2. The molecule has 120 valence electrons. The Kier molecular flexibility index (Phi) is 6.00. The SMILES string of the molecule is O=[N+]([O-])CC(C1=C(N2CCOCC2)CCCC1)C(Cl)(Cl)Cl. The van der Waals surface area contributed by atoms with Crippen LogP contribution in [0.5, 0.6) is 0 Å². The third-order valence-corrected chi connectivity index (χ3v) is 4.81. The first-order valence-electron chi connectivity index (χ1n) is 7.12. The molecule has 1 unspecified atom stereocenters. The van der Waals surface area contributed by atoms with E-state index < -0.39 is 14.6 Å². The van der Waals surface area contributed by atoms with Crippen LogP contribution in [0, 0.1) is 16.0 Å². The molecule has 0 radical (unpaired) electrons. The molecule has 8 heteroatoms. The maximum atomic E-state index is 11.0. The van der Waals surface area contributed by atoms with Crippen molar-refractivity contribution in [3.63, 3.8) is 0 Å². The lowest BCUT2D eigenvalue weighted by Gasteiger charge is -2.37. The Morgan fingerprint density at radius 1 is 1.24 bits per heavy atom. The van der Waals surface area contributed by atoms with Gasteiger partial charge in [-0.05, 0) is 31.3 Å². The first-order chi connectivity index (χ1) is 9.89. The Balaban J connectivity index is 2.31. The fourth-order valence-corrected chi connectivity index (χ4v) is 3.65. The van der Waals surface area contributed by atoms with Gasteiger partial charge in [0.1, 0.15) is 0 Å². The molecule has 1 atom stereocenters. The molecule has 1 aliphatic heterocycles. The van der Waals surface area contributed by atoms with Crippen LogP contribution in [0.3, 0.4) is 0 Å². The van der Waals surface area contributed by atoms with Crippen LogP contribution in [0.1, 0.15) is 25.7 Å². The van der Waals surface area contributed by atoms with Crippen LogP contribution in [0.15, 0.2) is 11.3 Å². The van der Waals surface area contributed by atoms with E-state index in [0.717, 1.165) is 50.0 Å². The highest BCUT2D eigenvalue weighted by atomic mass is 35.6. The molecule has 0 amide bonds. The van der Waals surface area contributed by atoms with Crippen molar-refractivity contribution in [3.8, 4) is 0 Å². The molecule has 0 aromatic carbocycles. The van der Waals surface area contributed by atoms with E-state index in [1.807, 2.05) is 0 Å². The number of ether oxygens (including phenoxy) is 1. The Bertz CT molecular complexity index is 417. The Labute approximate surface area is 139 Å². The molecular formula is C13H19Cl3N2O3. The van der Waals surface area contributed by atoms with E-state index in [0.29, 0.717) is 13.2 Å². The lowest BCUT2D eigenvalue weighted by molar-refractivity contribution is -0.486. The summed E-state index contributed by atoms with van der Waals surface area (Å²) in [7, 11) is 0. The van der Waals surface area contributed by atoms with E-state index in [-0.39, 0.29) is 6.54 Å². The van der Waals surface area contributed by atoms with E-state index in [9.17, 15) is 10.1 Å². The average molecular weight is 358 g/mol. The summed E-state index contributed by atoms with van der Waals surface area (Å²) in [5.74, 6) is -0.671. The van der Waals surface area contributed by atoms with Gasteiger partial charge in [-0.25, -0.2) is 0 Å².